The van der Waals surface area contributed by atoms with Crippen LogP contribution in [0, 0.1) is 0 Å². The quantitative estimate of drug-likeness (QED) is 0.790. The van der Waals surface area contributed by atoms with Gasteiger partial charge in [0.1, 0.15) is 6.54 Å². The molecule has 0 bridgehead atoms. The van der Waals surface area contributed by atoms with E-state index in [1.807, 2.05) is 18.2 Å². The number of anilines is 1. The molecule has 2 heterocycles. The third-order valence-corrected chi connectivity index (χ3v) is 4.63. The van der Waals surface area contributed by atoms with Crippen molar-refractivity contribution >= 4 is 35.1 Å². The van der Waals surface area contributed by atoms with Crippen molar-refractivity contribution in [3.8, 4) is 0 Å². The van der Waals surface area contributed by atoms with Crippen molar-refractivity contribution in [3.05, 3.63) is 28.8 Å². The third kappa shape index (κ3) is 2.91. The van der Waals surface area contributed by atoms with E-state index in [9.17, 15) is 14.4 Å². The van der Waals surface area contributed by atoms with Gasteiger partial charge in [-0.3, -0.25) is 14.5 Å². The monoisotopic (exact) mass is 335 g/mol. The van der Waals surface area contributed by atoms with Crippen LogP contribution in [0.1, 0.15) is 18.4 Å². The first-order valence-corrected chi connectivity index (χ1v) is 8.00. The number of amides is 4. The zero-order valence-corrected chi connectivity index (χ0v) is 13.7. The summed E-state index contributed by atoms with van der Waals surface area (Å²) in [6, 6.07) is 5.27. The number of rotatable bonds is 4. The smallest absolute Gasteiger partial charge is 0.318 e. The Labute approximate surface area is 139 Å². The van der Waals surface area contributed by atoms with E-state index in [1.54, 1.807) is 11.9 Å². The highest BCUT2D eigenvalue weighted by atomic mass is 35.5. The summed E-state index contributed by atoms with van der Waals surface area (Å²) >= 11 is 6.15. The zero-order valence-electron chi connectivity index (χ0n) is 12.9. The van der Waals surface area contributed by atoms with Crippen LogP contribution in [0.4, 0.5) is 10.5 Å². The molecule has 0 aliphatic carbocycles. The van der Waals surface area contributed by atoms with E-state index in [2.05, 4.69) is 0 Å². The van der Waals surface area contributed by atoms with Gasteiger partial charge in [0, 0.05) is 37.3 Å². The summed E-state index contributed by atoms with van der Waals surface area (Å²) < 4.78 is 0. The Balaban J connectivity index is 1.57. The summed E-state index contributed by atoms with van der Waals surface area (Å²) in [6.45, 7) is 1.02. The summed E-state index contributed by atoms with van der Waals surface area (Å²) in [5.74, 6) is -0.207. The Kier molecular flexibility index (Phi) is 4.26. The van der Waals surface area contributed by atoms with E-state index in [-0.39, 0.29) is 30.9 Å². The van der Waals surface area contributed by atoms with Gasteiger partial charge in [-0.25, -0.2) is 4.79 Å². The predicted molar refractivity (Wildman–Crippen MR) is 86.5 cm³/mol. The number of hydrogen-bond acceptors (Lipinski definition) is 3. The fourth-order valence-corrected chi connectivity index (χ4v) is 3.33. The van der Waals surface area contributed by atoms with E-state index >= 15 is 0 Å². The number of likely N-dealkylation sites (N-methyl/N-ethyl adjacent to an activating group) is 1. The minimum absolute atomic E-state index is 0.00142. The van der Waals surface area contributed by atoms with Crippen molar-refractivity contribution in [3.63, 3.8) is 0 Å². The van der Waals surface area contributed by atoms with E-state index in [1.165, 1.54) is 9.80 Å². The SMILES string of the molecule is CN1CC(=O)N(CCCC(=O)N2CCc3c(Cl)cccc32)C1=O. The largest absolute Gasteiger partial charge is 0.326 e. The van der Waals surface area contributed by atoms with E-state index in [0.717, 1.165) is 17.7 Å². The highest BCUT2D eigenvalue weighted by molar-refractivity contribution is 6.32. The lowest BCUT2D eigenvalue weighted by molar-refractivity contribution is -0.126. The van der Waals surface area contributed by atoms with Crippen molar-refractivity contribution in [2.75, 3.05) is 31.6 Å². The fraction of sp³-hybridized carbons (Fsp3) is 0.438. The van der Waals surface area contributed by atoms with Crippen LogP contribution in [-0.2, 0) is 16.0 Å². The molecule has 6 nitrogen and oxygen atoms in total. The summed E-state index contributed by atoms with van der Waals surface area (Å²) in [5.41, 5.74) is 1.88. The van der Waals surface area contributed by atoms with Crippen LogP contribution in [0.15, 0.2) is 18.2 Å². The number of carbonyl (C=O) groups excluding carboxylic acids is 3. The lowest BCUT2D eigenvalue weighted by atomic mass is 10.2. The molecule has 2 aliphatic heterocycles. The average Bonchev–Trinajstić information content (AvgIpc) is 3.04. The molecular formula is C16H18ClN3O3. The molecule has 2 aliphatic rings. The second-order valence-corrected chi connectivity index (χ2v) is 6.23. The third-order valence-electron chi connectivity index (χ3n) is 4.27. The number of halogens is 1. The van der Waals surface area contributed by atoms with Crippen molar-refractivity contribution in [1.82, 2.24) is 9.80 Å². The fourth-order valence-electron chi connectivity index (χ4n) is 3.06. The van der Waals surface area contributed by atoms with E-state index < -0.39 is 0 Å². The minimum atomic E-state index is -0.291. The number of urea groups is 1. The highest BCUT2D eigenvalue weighted by Gasteiger charge is 2.33. The standard InChI is InChI=1S/C16H18ClN3O3/c1-18-10-15(22)20(16(18)23)8-3-6-14(21)19-9-7-11-12(17)4-2-5-13(11)19/h2,4-5H,3,6-10H2,1H3. The maximum atomic E-state index is 12.4. The molecule has 1 aromatic rings. The van der Waals surface area contributed by atoms with Crippen molar-refractivity contribution < 1.29 is 14.4 Å². The van der Waals surface area contributed by atoms with Gasteiger partial charge in [0.15, 0.2) is 0 Å². The number of nitrogens with zero attached hydrogens (tertiary/aromatic N) is 3. The van der Waals surface area contributed by atoms with Gasteiger partial charge in [-0.1, -0.05) is 17.7 Å². The van der Waals surface area contributed by atoms with Gasteiger partial charge >= 0.3 is 6.03 Å². The van der Waals surface area contributed by atoms with Gasteiger partial charge in [0.2, 0.25) is 11.8 Å². The lowest BCUT2D eigenvalue weighted by Gasteiger charge is -2.18. The van der Waals surface area contributed by atoms with Crippen LogP contribution in [0.3, 0.4) is 0 Å². The Hall–Kier alpha value is -2.08. The molecule has 0 saturated carbocycles. The van der Waals surface area contributed by atoms with Gasteiger partial charge in [-0.05, 0) is 30.5 Å². The van der Waals surface area contributed by atoms with Crippen LogP contribution >= 0.6 is 11.6 Å². The van der Waals surface area contributed by atoms with Gasteiger partial charge in [-0.2, -0.15) is 0 Å². The van der Waals surface area contributed by atoms with Gasteiger partial charge in [0.05, 0.1) is 0 Å². The number of imide groups is 1. The minimum Gasteiger partial charge on any atom is -0.318 e. The molecule has 122 valence electrons. The summed E-state index contributed by atoms with van der Waals surface area (Å²) in [4.78, 5) is 40.2. The summed E-state index contributed by atoms with van der Waals surface area (Å²) in [6.07, 6.45) is 1.53. The first-order chi connectivity index (χ1) is 11.0. The van der Waals surface area contributed by atoms with Crippen LogP contribution < -0.4 is 4.90 Å². The molecule has 23 heavy (non-hydrogen) atoms. The molecule has 4 amide bonds. The van der Waals surface area contributed by atoms with Crippen molar-refractivity contribution in [1.29, 1.82) is 0 Å². The molecule has 0 spiro atoms. The van der Waals surface area contributed by atoms with Crippen molar-refractivity contribution in [2.24, 2.45) is 0 Å². The summed E-state index contributed by atoms with van der Waals surface area (Å²) in [7, 11) is 1.59. The molecule has 3 rings (SSSR count). The average molecular weight is 336 g/mol. The molecule has 0 radical (unpaired) electrons. The molecular weight excluding hydrogens is 318 g/mol. The maximum absolute atomic E-state index is 12.4. The Morgan fingerprint density at radius 1 is 1.30 bits per heavy atom. The second kappa shape index (κ2) is 6.20. The maximum Gasteiger partial charge on any atom is 0.326 e. The van der Waals surface area contributed by atoms with E-state index in [0.29, 0.717) is 24.4 Å². The van der Waals surface area contributed by atoms with Crippen LogP contribution in [0.5, 0.6) is 0 Å². The molecule has 1 aromatic carbocycles. The molecule has 0 atom stereocenters. The number of benzene rings is 1. The number of hydrogen-bond donors (Lipinski definition) is 0. The number of fused-ring (bicyclic) bond motifs is 1. The zero-order chi connectivity index (χ0) is 16.6. The highest BCUT2D eigenvalue weighted by Crippen LogP contribution is 2.33. The second-order valence-electron chi connectivity index (χ2n) is 5.82. The predicted octanol–water partition coefficient (Wildman–Crippen LogP) is 1.90. The molecule has 1 fully saturated rings. The Bertz CT molecular complexity index is 677. The topological polar surface area (TPSA) is 60.9 Å². The van der Waals surface area contributed by atoms with Gasteiger partial charge in [-0.15, -0.1) is 0 Å². The molecule has 1 saturated heterocycles. The first-order valence-electron chi connectivity index (χ1n) is 7.62. The molecule has 7 heteroatoms. The Morgan fingerprint density at radius 3 is 2.78 bits per heavy atom. The number of carbonyl (C=O) groups is 3. The van der Waals surface area contributed by atoms with Crippen LogP contribution in [0.2, 0.25) is 5.02 Å². The van der Waals surface area contributed by atoms with Crippen LogP contribution in [-0.4, -0.2) is 54.3 Å². The lowest BCUT2D eigenvalue weighted by Crippen LogP contribution is -2.34. The van der Waals surface area contributed by atoms with Gasteiger partial charge in [0.25, 0.3) is 0 Å². The molecule has 0 aromatic heterocycles. The first kappa shape index (κ1) is 15.8. The Morgan fingerprint density at radius 2 is 2.09 bits per heavy atom. The van der Waals surface area contributed by atoms with Gasteiger partial charge < -0.3 is 9.80 Å². The summed E-state index contributed by atoms with van der Waals surface area (Å²) in [5, 5.41) is 0.689. The molecule has 0 N–H and O–H groups in total. The molecule has 0 unspecified atom stereocenters. The normalized spacial score (nSPS) is 17.2. The van der Waals surface area contributed by atoms with Crippen molar-refractivity contribution in [2.45, 2.75) is 19.3 Å². The van der Waals surface area contributed by atoms with E-state index in [4.69, 9.17) is 11.6 Å². The van der Waals surface area contributed by atoms with Crippen LogP contribution in [0.25, 0.3) is 0 Å².